The molecule has 246 valence electrons. The van der Waals surface area contributed by atoms with Gasteiger partial charge in [0.15, 0.2) is 5.66 Å². The first-order valence-electron chi connectivity index (χ1n) is 16.7. The third-order valence-electron chi connectivity index (χ3n) is 9.59. The van der Waals surface area contributed by atoms with Gasteiger partial charge in [0.25, 0.3) is 0 Å². The number of benzene rings is 6. The van der Waals surface area contributed by atoms with Gasteiger partial charge in [-0.05, 0) is 93.5 Å². The van der Waals surface area contributed by atoms with Crippen molar-refractivity contribution in [2.24, 2.45) is 0 Å². The van der Waals surface area contributed by atoms with Gasteiger partial charge in [-0.25, -0.2) is 0 Å². The van der Waals surface area contributed by atoms with Crippen molar-refractivity contribution < 1.29 is 19.1 Å². The van der Waals surface area contributed by atoms with Crippen LogP contribution < -0.4 is 5.32 Å². The average molecular weight is 667 g/mol. The number of amides is 1. The molecule has 1 amide bonds. The number of anilines is 1. The minimum Gasteiger partial charge on any atom is -0.325 e. The Bertz CT molecular complexity index is 2190. The van der Waals surface area contributed by atoms with E-state index in [0.29, 0.717) is 23.2 Å². The van der Waals surface area contributed by atoms with Gasteiger partial charge in [-0.1, -0.05) is 127 Å². The maximum Gasteiger partial charge on any atom is 0.342 e. The first-order valence-corrected chi connectivity index (χ1v) is 18.3. The molecule has 1 atom stereocenters. The number of nitrogens with one attached hydrogen (secondary N) is 1. The summed E-state index contributed by atoms with van der Waals surface area (Å²) in [4.78, 5) is 37.2. The number of carbonyl (C=O) groups excluding carboxylic acids is 1. The van der Waals surface area contributed by atoms with Crippen molar-refractivity contribution >= 4 is 52.9 Å². The van der Waals surface area contributed by atoms with E-state index in [2.05, 4.69) is 84.0 Å². The van der Waals surface area contributed by atoms with E-state index >= 15 is 0 Å². The molecule has 0 saturated carbocycles. The minimum atomic E-state index is -4.89. The van der Waals surface area contributed by atoms with Crippen LogP contribution in [0.3, 0.4) is 0 Å². The molecule has 0 radical (unpaired) electrons. The smallest absolute Gasteiger partial charge is 0.325 e. The second-order valence-corrected chi connectivity index (χ2v) is 14.6. The lowest BCUT2D eigenvalue weighted by molar-refractivity contribution is -0.116. The van der Waals surface area contributed by atoms with Crippen LogP contribution in [-0.2, 0) is 15.9 Å². The van der Waals surface area contributed by atoms with Crippen LogP contribution in [0, 0.1) is 0 Å². The van der Waals surface area contributed by atoms with E-state index in [9.17, 15) is 19.1 Å². The van der Waals surface area contributed by atoms with E-state index in [4.69, 9.17) is 0 Å². The maximum atomic E-state index is 13.9. The first kappa shape index (κ1) is 32.7. The Kier molecular flexibility index (Phi) is 9.31. The molecular weight excluding hydrogens is 627 g/mol. The summed E-state index contributed by atoms with van der Waals surface area (Å²) < 4.78 is 12.9. The molecule has 0 saturated heterocycles. The fourth-order valence-corrected chi connectivity index (χ4v) is 8.21. The summed E-state index contributed by atoms with van der Waals surface area (Å²) in [5.74, 6) is -0.451. The van der Waals surface area contributed by atoms with Crippen molar-refractivity contribution in [3.8, 4) is 0 Å². The van der Waals surface area contributed by atoms with E-state index in [0.717, 1.165) is 41.1 Å². The van der Waals surface area contributed by atoms with Crippen molar-refractivity contribution in [1.82, 2.24) is 4.90 Å². The number of fused-ring (bicyclic) bond motifs is 4. The van der Waals surface area contributed by atoms with Crippen molar-refractivity contribution in [3.05, 3.63) is 161 Å². The summed E-state index contributed by atoms with van der Waals surface area (Å²) >= 11 is 0. The summed E-state index contributed by atoms with van der Waals surface area (Å²) in [6.45, 7) is 1.38. The summed E-state index contributed by atoms with van der Waals surface area (Å²) in [5, 5.41) is 6.36. The molecule has 1 aliphatic carbocycles. The Hall–Kier alpha value is -4.84. The van der Waals surface area contributed by atoms with E-state index in [1.807, 2.05) is 54.6 Å². The first-order chi connectivity index (χ1) is 23.8. The lowest BCUT2D eigenvalue weighted by Gasteiger charge is -2.24. The molecule has 6 aromatic carbocycles. The molecule has 6 aromatic rings. The summed E-state index contributed by atoms with van der Waals surface area (Å²) in [6.07, 6.45) is 6.37. The Labute approximate surface area is 286 Å². The van der Waals surface area contributed by atoms with E-state index in [-0.39, 0.29) is 5.92 Å². The van der Waals surface area contributed by atoms with Crippen LogP contribution in [0.25, 0.3) is 33.7 Å². The molecular formula is C42H39N2O4P. The van der Waals surface area contributed by atoms with Gasteiger partial charge in [0.1, 0.15) is 0 Å². The lowest BCUT2D eigenvalue weighted by atomic mass is 9.84. The zero-order valence-corrected chi connectivity index (χ0v) is 28.3. The van der Waals surface area contributed by atoms with Gasteiger partial charge < -0.3 is 20.0 Å². The number of hydrogen-bond acceptors (Lipinski definition) is 3. The monoisotopic (exact) mass is 666 g/mol. The molecule has 0 fully saturated rings. The standard InChI is InChI=1S/C42H39N2O4P/c1-44(25-11-22-38-35-18-7-5-13-30(35)23-24-31-14-6-8-19-36(31)38)28-34-26-32-15-2-3-16-33(32)27-40(34)43-42(45)41(49(46,47)48)39-21-10-17-29-12-4-9-20-37(29)39/h2-10,12-21,23-24,26-27,38,41H,11,22,25,28H2,1H3,(H,43,45)(H2,46,47,48). The third kappa shape index (κ3) is 7.01. The highest BCUT2D eigenvalue weighted by atomic mass is 31.2. The second kappa shape index (κ2) is 13.9. The predicted molar refractivity (Wildman–Crippen MR) is 201 cm³/mol. The molecule has 1 unspecified atom stereocenters. The van der Waals surface area contributed by atoms with Gasteiger partial charge in [0.05, 0.1) is 0 Å². The van der Waals surface area contributed by atoms with Crippen molar-refractivity contribution in [2.75, 3.05) is 18.9 Å². The normalized spacial score (nSPS) is 13.6. The quantitative estimate of drug-likeness (QED) is 0.127. The van der Waals surface area contributed by atoms with Gasteiger partial charge in [0.2, 0.25) is 5.91 Å². The molecule has 49 heavy (non-hydrogen) atoms. The van der Waals surface area contributed by atoms with Gasteiger partial charge >= 0.3 is 7.60 Å². The fraction of sp³-hybridized carbons (Fsp3) is 0.167. The average Bonchev–Trinajstić information content (AvgIpc) is 3.25. The van der Waals surface area contributed by atoms with Crippen LogP contribution in [0.4, 0.5) is 5.69 Å². The highest BCUT2D eigenvalue weighted by Crippen LogP contribution is 2.53. The van der Waals surface area contributed by atoms with E-state index in [1.54, 1.807) is 18.2 Å². The van der Waals surface area contributed by atoms with Crippen LogP contribution in [0.5, 0.6) is 0 Å². The van der Waals surface area contributed by atoms with Crippen LogP contribution in [0.1, 0.15) is 57.8 Å². The molecule has 1 aliphatic rings. The highest BCUT2D eigenvalue weighted by Gasteiger charge is 2.38. The zero-order valence-electron chi connectivity index (χ0n) is 27.4. The molecule has 0 spiro atoms. The topological polar surface area (TPSA) is 89.9 Å². The van der Waals surface area contributed by atoms with Crippen LogP contribution in [-0.4, -0.2) is 34.2 Å². The Morgan fingerprint density at radius 1 is 0.755 bits per heavy atom. The van der Waals surface area contributed by atoms with E-state index < -0.39 is 19.2 Å². The van der Waals surface area contributed by atoms with Crippen molar-refractivity contribution in [3.63, 3.8) is 0 Å². The molecule has 7 rings (SSSR count). The molecule has 6 nitrogen and oxygen atoms in total. The number of nitrogens with zero attached hydrogens (tertiary/aromatic N) is 1. The fourth-order valence-electron chi connectivity index (χ4n) is 7.25. The van der Waals surface area contributed by atoms with Crippen molar-refractivity contribution in [1.29, 1.82) is 0 Å². The Morgan fingerprint density at radius 2 is 1.33 bits per heavy atom. The summed E-state index contributed by atoms with van der Waals surface area (Å²) in [5.41, 5.74) is 5.28. The number of hydrogen-bond donors (Lipinski definition) is 3. The third-order valence-corrected chi connectivity index (χ3v) is 10.8. The minimum absolute atomic E-state index is 0.282. The van der Waals surface area contributed by atoms with Gasteiger partial charge in [0, 0.05) is 18.2 Å². The maximum absolute atomic E-state index is 13.9. The second-order valence-electron chi connectivity index (χ2n) is 12.9. The van der Waals surface area contributed by atoms with Gasteiger partial charge in [-0.3, -0.25) is 9.36 Å². The highest BCUT2D eigenvalue weighted by molar-refractivity contribution is 7.53. The largest absolute Gasteiger partial charge is 0.342 e. The number of carbonyl (C=O) groups is 1. The Morgan fingerprint density at radius 3 is 2.00 bits per heavy atom. The molecule has 0 bridgehead atoms. The molecule has 0 aliphatic heterocycles. The lowest BCUT2D eigenvalue weighted by Crippen LogP contribution is -2.24. The SMILES string of the molecule is CN(CCCC1c2ccccc2C=Cc2ccccc21)Cc1cc2ccccc2cc1NC(=O)C(c1cccc2ccccc12)P(=O)(O)O. The van der Waals surface area contributed by atoms with E-state index in [1.165, 1.54) is 22.3 Å². The Balaban J connectivity index is 1.13. The summed E-state index contributed by atoms with van der Waals surface area (Å²) in [7, 11) is -2.82. The van der Waals surface area contributed by atoms with Crippen LogP contribution >= 0.6 is 7.60 Å². The molecule has 7 heteroatoms. The summed E-state index contributed by atoms with van der Waals surface area (Å²) in [6, 6.07) is 41.7. The molecule has 3 N–H and O–H groups in total. The molecule has 0 aromatic heterocycles. The van der Waals surface area contributed by atoms with Crippen molar-refractivity contribution in [2.45, 2.75) is 31.0 Å². The van der Waals surface area contributed by atoms with Crippen LogP contribution in [0.2, 0.25) is 0 Å². The number of rotatable bonds is 10. The molecule has 0 heterocycles. The van der Waals surface area contributed by atoms with Gasteiger partial charge in [-0.15, -0.1) is 0 Å². The zero-order chi connectivity index (χ0) is 34.0. The van der Waals surface area contributed by atoms with Gasteiger partial charge in [-0.2, -0.15) is 0 Å². The van der Waals surface area contributed by atoms with Crippen LogP contribution in [0.15, 0.2) is 127 Å². The predicted octanol–water partition coefficient (Wildman–Crippen LogP) is 9.38.